The molecule has 0 saturated carbocycles. The number of nitrogens with two attached hydrogens (primary N) is 1. The molecule has 2 amide bonds. The van der Waals surface area contributed by atoms with Crippen molar-refractivity contribution in [3.05, 3.63) is 85.5 Å². The van der Waals surface area contributed by atoms with Gasteiger partial charge in [-0.1, -0.05) is 31.9 Å². The minimum absolute atomic E-state index is 0.0683. The van der Waals surface area contributed by atoms with E-state index in [2.05, 4.69) is 82.8 Å². The van der Waals surface area contributed by atoms with E-state index in [0.717, 1.165) is 56.5 Å². The molecule has 18 nitrogen and oxygen atoms in total. The predicted octanol–water partition coefficient (Wildman–Crippen LogP) is 5.55. The van der Waals surface area contributed by atoms with E-state index in [9.17, 15) is 9.59 Å². The molecule has 0 fully saturated rings. The summed E-state index contributed by atoms with van der Waals surface area (Å²) in [7, 11) is 8.03. The first-order chi connectivity index (χ1) is 30.3. The van der Waals surface area contributed by atoms with Gasteiger partial charge in [-0.15, -0.1) is 0 Å². The van der Waals surface area contributed by atoms with Crippen LogP contribution < -0.4 is 21.7 Å². The van der Waals surface area contributed by atoms with Gasteiger partial charge in [0.1, 0.15) is 11.8 Å². The van der Waals surface area contributed by atoms with Gasteiger partial charge in [0.25, 0.3) is 0 Å². The molecule has 2 aliphatic rings. The zero-order valence-corrected chi connectivity index (χ0v) is 40.1. The van der Waals surface area contributed by atoms with Crippen LogP contribution in [0.4, 0.5) is 17.3 Å². The van der Waals surface area contributed by atoms with Gasteiger partial charge in [-0.2, -0.15) is 20.2 Å². The SMILES string of the molecule is CCOCCn1cc2c(C3C(=O)Nc4ccc(Br)cc43)nc(Cl)nc2n1.CCOCCn1cc2c(C3C(=O)Nc4ccc(Br)cc43)nc(NCCN(C)C)nc2n1.CN(C)CCN. The second kappa shape index (κ2) is 22.3. The third-order valence-electron chi connectivity index (χ3n) is 9.88. The zero-order valence-electron chi connectivity index (χ0n) is 36.2. The van der Waals surface area contributed by atoms with Gasteiger partial charge in [0, 0.05) is 72.1 Å². The number of carbonyl (C=O) groups is 2. The van der Waals surface area contributed by atoms with E-state index in [4.69, 9.17) is 31.8 Å². The number of hydrogen-bond acceptors (Lipinski definition) is 14. The molecule has 4 aromatic heterocycles. The maximum absolute atomic E-state index is 13.0. The van der Waals surface area contributed by atoms with Gasteiger partial charge in [0.2, 0.25) is 23.0 Å². The monoisotopic (exact) mass is 1010 g/mol. The Morgan fingerprint density at radius 1 is 0.746 bits per heavy atom. The lowest BCUT2D eigenvalue weighted by Crippen LogP contribution is -2.22. The highest BCUT2D eigenvalue weighted by atomic mass is 79.9. The fourth-order valence-corrected chi connectivity index (χ4v) is 7.86. The number of aromatic nitrogens is 8. The summed E-state index contributed by atoms with van der Waals surface area (Å²) >= 11 is 13.1. The number of likely N-dealkylation sites (N-methyl/N-ethyl adjacent to an activating group) is 2. The van der Waals surface area contributed by atoms with E-state index in [1.54, 1.807) is 9.36 Å². The minimum Gasteiger partial charge on any atom is -0.380 e. The summed E-state index contributed by atoms with van der Waals surface area (Å²) in [5.41, 5.74) is 10.7. The normalized spacial score (nSPS) is 15.2. The van der Waals surface area contributed by atoms with Gasteiger partial charge in [-0.05, 0) is 101 Å². The molecule has 0 saturated heterocycles. The maximum Gasteiger partial charge on any atom is 0.238 e. The third kappa shape index (κ3) is 12.1. The number of nitrogens with one attached hydrogen (secondary N) is 3. The van der Waals surface area contributed by atoms with Crippen molar-refractivity contribution in [2.45, 2.75) is 38.8 Å². The molecular formula is C42H53Br2ClN14O4. The average molecular weight is 1010 g/mol. The van der Waals surface area contributed by atoms with Gasteiger partial charge in [0.05, 0.1) is 48.5 Å². The Bertz CT molecular complexity index is 2530. The molecule has 2 unspecified atom stereocenters. The van der Waals surface area contributed by atoms with Crippen LogP contribution in [0.1, 0.15) is 48.2 Å². The number of fused-ring (bicyclic) bond motifs is 4. The Balaban J connectivity index is 0.000000188. The van der Waals surface area contributed by atoms with Crippen molar-refractivity contribution in [3.63, 3.8) is 0 Å². The van der Waals surface area contributed by atoms with Crippen LogP contribution >= 0.6 is 43.5 Å². The summed E-state index contributed by atoms with van der Waals surface area (Å²) in [5.74, 6) is -0.867. The topological polar surface area (TPSA) is 208 Å². The highest BCUT2D eigenvalue weighted by Crippen LogP contribution is 2.41. The Morgan fingerprint density at radius 3 is 1.70 bits per heavy atom. The van der Waals surface area contributed by atoms with E-state index in [1.807, 2.05) is 90.8 Å². The number of ether oxygens (including phenoxy) is 2. The van der Waals surface area contributed by atoms with Crippen molar-refractivity contribution in [1.82, 2.24) is 49.3 Å². The highest BCUT2D eigenvalue weighted by Gasteiger charge is 2.37. The van der Waals surface area contributed by atoms with E-state index in [1.165, 1.54) is 0 Å². The van der Waals surface area contributed by atoms with Crippen LogP contribution in [0.5, 0.6) is 0 Å². The summed E-state index contributed by atoms with van der Waals surface area (Å²) in [4.78, 5) is 47.7. The van der Waals surface area contributed by atoms with Crippen LogP contribution in [0, 0.1) is 0 Å². The van der Waals surface area contributed by atoms with Crippen LogP contribution in [0.15, 0.2) is 57.7 Å². The minimum atomic E-state index is -0.560. The van der Waals surface area contributed by atoms with E-state index >= 15 is 0 Å². The van der Waals surface area contributed by atoms with Gasteiger partial charge in [-0.25, -0.2) is 9.97 Å². The van der Waals surface area contributed by atoms with Crippen molar-refractivity contribution in [1.29, 1.82) is 0 Å². The van der Waals surface area contributed by atoms with Crippen molar-refractivity contribution in [2.24, 2.45) is 5.73 Å². The summed E-state index contributed by atoms with van der Waals surface area (Å²) in [5, 5.41) is 19.7. The molecular weight excluding hydrogens is 960 g/mol. The molecule has 2 aliphatic heterocycles. The molecule has 63 heavy (non-hydrogen) atoms. The summed E-state index contributed by atoms with van der Waals surface area (Å²) in [6.45, 7) is 10.7. The van der Waals surface area contributed by atoms with Gasteiger partial charge in [-0.3, -0.25) is 19.0 Å². The second-order valence-corrected chi connectivity index (χ2v) is 17.3. The second-order valence-electron chi connectivity index (χ2n) is 15.1. The van der Waals surface area contributed by atoms with E-state index in [0.29, 0.717) is 80.1 Å². The van der Waals surface area contributed by atoms with Crippen LogP contribution in [0.3, 0.4) is 0 Å². The van der Waals surface area contributed by atoms with Gasteiger partial charge in [0.15, 0.2) is 11.3 Å². The number of carbonyl (C=O) groups excluding carboxylic acids is 2. The highest BCUT2D eigenvalue weighted by molar-refractivity contribution is 9.10. The Labute approximate surface area is 387 Å². The molecule has 6 aromatic rings. The first-order valence-electron chi connectivity index (χ1n) is 20.5. The predicted molar refractivity (Wildman–Crippen MR) is 253 cm³/mol. The Morgan fingerprint density at radius 2 is 1.24 bits per heavy atom. The van der Waals surface area contributed by atoms with E-state index in [-0.39, 0.29) is 17.1 Å². The quantitative estimate of drug-likeness (QED) is 0.0693. The fraction of sp³-hybridized carbons (Fsp3) is 0.429. The van der Waals surface area contributed by atoms with Crippen molar-refractivity contribution >= 4 is 94.7 Å². The first-order valence-corrected chi connectivity index (χ1v) is 22.5. The molecule has 0 radical (unpaired) electrons. The van der Waals surface area contributed by atoms with Crippen molar-refractivity contribution < 1.29 is 19.1 Å². The lowest BCUT2D eigenvalue weighted by molar-refractivity contribution is -0.117. The lowest BCUT2D eigenvalue weighted by atomic mass is 9.95. The van der Waals surface area contributed by atoms with Crippen LogP contribution in [0.25, 0.3) is 22.1 Å². The molecule has 2 aromatic carbocycles. The molecule has 2 atom stereocenters. The Kier molecular flexibility index (Phi) is 16.9. The van der Waals surface area contributed by atoms with Crippen LogP contribution in [0.2, 0.25) is 5.28 Å². The molecule has 0 spiro atoms. The summed E-state index contributed by atoms with van der Waals surface area (Å²) in [6, 6.07) is 11.4. The van der Waals surface area contributed by atoms with Crippen LogP contribution in [-0.4, -0.2) is 142 Å². The molecule has 6 heterocycles. The molecule has 0 aliphatic carbocycles. The number of hydrogen-bond donors (Lipinski definition) is 4. The molecule has 21 heteroatoms. The molecule has 8 rings (SSSR count). The molecule has 0 bridgehead atoms. The largest absolute Gasteiger partial charge is 0.380 e. The number of benzene rings is 2. The number of rotatable bonds is 16. The van der Waals surface area contributed by atoms with Crippen molar-refractivity contribution in [3.8, 4) is 0 Å². The maximum atomic E-state index is 13.0. The third-order valence-corrected chi connectivity index (χ3v) is 11.0. The number of nitrogens with zero attached hydrogens (tertiary/aromatic N) is 10. The van der Waals surface area contributed by atoms with Crippen LogP contribution in [-0.2, 0) is 32.2 Å². The summed E-state index contributed by atoms with van der Waals surface area (Å²) in [6.07, 6.45) is 3.74. The lowest BCUT2D eigenvalue weighted by Gasteiger charge is -2.13. The van der Waals surface area contributed by atoms with Gasteiger partial charge < -0.3 is 41.0 Å². The summed E-state index contributed by atoms with van der Waals surface area (Å²) < 4.78 is 16.2. The fourth-order valence-electron chi connectivity index (χ4n) is 6.93. The van der Waals surface area contributed by atoms with Crippen molar-refractivity contribution in [2.75, 3.05) is 96.7 Å². The first kappa shape index (κ1) is 47.8. The number of amides is 2. The number of halogens is 3. The average Bonchev–Trinajstić information content (AvgIpc) is 3.99. The van der Waals surface area contributed by atoms with E-state index < -0.39 is 11.8 Å². The standard InChI is InChI=1S/C21H26BrN7O2.C17H15BrClN5O2.C4H12N2/c1-4-31-10-9-29-12-15-18(17-14-11-13(22)5-6-16(14)24-20(17)30)25-21(26-19(15)27-29)23-7-8-28(2)3;1-2-26-6-5-24-8-11-14(21-17(19)22-15(11)23-24)13-10-7-9(18)3-4-12(10)20-16(13)25;1-6(2)4-3-5/h5-6,11-12,17H,4,7-10H2,1-3H3,(H,24,30)(H,23,26,27);3-4,7-8,13H,2,5-6H2,1H3,(H,20,25);3-5H2,1-2H3. The molecule has 336 valence electrons. The molecule has 5 N–H and O–H groups in total. The smallest absolute Gasteiger partial charge is 0.238 e. The Hall–Kier alpha value is -4.67. The zero-order chi connectivity index (χ0) is 45.2. The number of anilines is 3. The van der Waals surface area contributed by atoms with Gasteiger partial charge >= 0.3 is 0 Å².